The quantitative estimate of drug-likeness (QED) is 0.904. The molecule has 0 radical (unpaired) electrons. The van der Waals surface area contributed by atoms with Crippen molar-refractivity contribution in [3.05, 3.63) is 27.7 Å². The molecule has 2 nitrogen and oxygen atoms in total. The van der Waals surface area contributed by atoms with Crippen molar-refractivity contribution < 1.29 is 9.84 Å². The van der Waals surface area contributed by atoms with E-state index < -0.39 is 0 Å². The van der Waals surface area contributed by atoms with Crippen LogP contribution in [0.1, 0.15) is 24.0 Å². The van der Waals surface area contributed by atoms with Gasteiger partial charge in [0, 0.05) is 12.5 Å². The highest BCUT2D eigenvalue weighted by Crippen LogP contribution is 2.35. The molecule has 0 saturated carbocycles. The predicted molar refractivity (Wildman–Crippen MR) is 60.9 cm³/mol. The first-order valence-electron chi connectivity index (χ1n) is 4.55. The van der Waals surface area contributed by atoms with Gasteiger partial charge < -0.3 is 9.84 Å². The molecule has 0 bridgehead atoms. The summed E-state index contributed by atoms with van der Waals surface area (Å²) in [5.74, 6) is 0.936. The number of aliphatic hydroxyl groups is 1. The number of rotatable bonds is 3. The Bertz CT molecular complexity index is 323. The summed E-state index contributed by atoms with van der Waals surface area (Å²) < 4.78 is 6.15. The van der Waals surface area contributed by atoms with Crippen LogP contribution in [0.3, 0.4) is 0 Å². The van der Waals surface area contributed by atoms with Crippen LogP contribution in [0, 0.1) is 6.92 Å². The van der Waals surface area contributed by atoms with Crippen LogP contribution in [0.25, 0.3) is 0 Å². The Morgan fingerprint density at radius 3 is 2.64 bits per heavy atom. The van der Waals surface area contributed by atoms with E-state index in [2.05, 4.69) is 15.9 Å². The van der Waals surface area contributed by atoms with Crippen molar-refractivity contribution in [3.8, 4) is 5.75 Å². The number of methoxy groups -OCH3 is 1. The molecule has 0 saturated heterocycles. The van der Waals surface area contributed by atoms with Gasteiger partial charge in [-0.25, -0.2) is 0 Å². The molecule has 0 spiro atoms. The second kappa shape index (κ2) is 4.80. The standard InChI is InChI=1S/C11H15BrO2/c1-7-4-5-9(14-3)11(12)10(7)8(2)6-13/h4-5,8,13H,6H2,1-3H3. The molecule has 0 heterocycles. The van der Waals surface area contributed by atoms with E-state index in [-0.39, 0.29) is 12.5 Å². The topological polar surface area (TPSA) is 29.5 Å². The summed E-state index contributed by atoms with van der Waals surface area (Å²) in [4.78, 5) is 0. The lowest BCUT2D eigenvalue weighted by atomic mass is 9.97. The van der Waals surface area contributed by atoms with Gasteiger partial charge in [0.1, 0.15) is 5.75 Å². The predicted octanol–water partition coefficient (Wildman–Crippen LogP) is 2.86. The molecule has 1 aromatic carbocycles. The molecule has 0 aliphatic heterocycles. The fraction of sp³-hybridized carbons (Fsp3) is 0.455. The molecular weight excluding hydrogens is 244 g/mol. The molecular formula is C11H15BrO2. The van der Waals surface area contributed by atoms with E-state index in [1.54, 1.807) is 7.11 Å². The molecule has 0 aliphatic rings. The van der Waals surface area contributed by atoms with Gasteiger partial charge in [-0.1, -0.05) is 13.0 Å². The van der Waals surface area contributed by atoms with Gasteiger partial charge in [-0.15, -0.1) is 0 Å². The van der Waals surface area contributed by atoms with Crippen molar-refractivity contribution in [2.75, 3.05) is 13.7 Å². The minimum Gasteiger partial charge on any atom is -0.496 e. The summed E-state index contributed by atoms with van der Waals surface area (Å²) >= 11 is 3.50. The molecule has 1 rings (SSSR count). The Morgan fingerprint density at radius 1 is 1.50 bits per heavy atom. The van der Waals surface area contributed by atoms with E-state index in [4.69, 9.17) is 9.84 Å². The van der Waals surface area contributed by atoms with E-state index in [0.717, 1.165) is 15.8 Å². The Hall–Kier alpha value is -0.540. The van der Waals surface area contributed by atoms with Crippen molar-refractivity contribution in [1.82, 2.24) is 0 Å². The van der Waals surface area contributed by atoms with Crippen molar-refractivity contribution >= 4 is 15.9 Å². The maximum atomic E-state index is 9.14. The van der Waals surface area contributed by atoms with Crippen molar-refractivity contribution in [2.24, 2.45) is 0 Å². The highest BCUT2D eigenvalue weighted by molar-refractivity contribution is 9.10. The molecule has 3 heteroatoms. The van der Waals surface area contributed by atoms with E-state index in [9.17, 15) is 0 Å². The van der Waals surface area contributed by atoms with Gasteiger partial charge in [-0.3, -0.25) is 0 Å². The minimum absolute atomic E-state index is 0.125. The maximum Gasteiger partial charge on any atom is 0.133 e. The fourth-order valence-electron chi connectivity index (χ4n) is 1.52. The van der Waals surface area contributed by atoms with Crippen LogP contribution >= 0.6 is 15.9 Å². The van der Waals surface area contributed by atoms with Crippen LogP contribution in [0.15, 0.2) is 16.6 Å². The summed E-state index contributed by atoms with van der Waals surface area (Å²) in [5, 5.41) is 9.14. The summed E-state index contributed by atoms with van der Waals surface area (Å²) in [6.45, 7) is 4.17. The van der Waals surface area contributed by atoms with Gasteiger partial charge in [-0.2, -0.15) is 0 Å². The summed E-state index contributed by atoms with van der Waals surface area (Å²) in [5.41, 5.74) is 2.28. The molecule has 0 amide bonds. The van der Waals surface area contributed by atoms with E-state index in [0.29, 0.717) is 0 Å². The van der Waals surface area contributed by atoms with Crippen LogP contribution in [0.4, 0.5) is 0 Å². The van der Waals surface area contributed by atoms with Gasteiger partial charge in [0.05, 0.1) is 11.6 Å². The van der Waals surface area contributed by atoms with E-state index in [1.165, 1.54) is 5.56 Å². The Kier molecular flexibility index (Phi) is 3.96. The normalized spacial score (nSPS) is 12.6. The molecule has 1 atom stereocenters. The van der Waals surface area contributed by atoms with Gasteiger partial charge in [0.15, 0.2) is 0 Å². The molecule has 14 heavy (non-hydrogen) atoms. The molecule has 0 fully saturated rings. The van der Waals surface area contributed by atoms with Gasteiger partial charge >= 0.3 is 0 Å². The number of hydrogen-bond donors (Lipinski definition) is 1. The zero-order valence-corrected chi connectivity index (χ0v) is 10.3. The molecule has 0 aliphatic carbocycles. The molecule has 1 N–H and O–H groups in total. The van der Waals surface area contributed by atoms with Crippen LogP contribution in [0.2, 0.25) is 0 Å². The number of aliphatic hydroxyl groups excluding tert-OH is 1. The number of halogens is 1. The first kappa shape index (κ1) is 11.5. The lowest BCUT2D eigenvalue weighted by Gasteiger charge is -2.16. The second-order valence-corrected chi connectivity index (χ2v) is 4.19. The van der Waals surface area contributed by atoms with Crippen LogP contribution < -0.4 is 4.74 Å². The summed E-state index contributed by atoms with van der Waals surface area (Å²) in [7, 11) is 1.64. The lowest BCUT2D eigenvalue weighted by Crippen LogP contribution is -2.03. The van der Waals surface area contributed by atoms with Crippen molar-refractivity contribution in [2.45, 2.75) is 19.8 Å². The third-order valence-electron chi connectivity index (χ3n) is 2.35. The van der Waals surface area contributed by atoms with Gasteiger partial charge in [0.2, 0.25) is 0 Å². The summed E-state index contributed by atoms with van der Waals surface area (Å²) in [6, 6.07) is 3.93. The Balaban J connectivity index is 3.25. The van der Waals surface area contributed by atoms with Crippen LogP contribution in [0.5, 0.6) is 5.75 Å². The van der Waals surface area contributed by atoms with Crippen molar-refractivity contribution in [3.63, 3.8) is 0 Å². The fourth-order valence-corrected chi connectivity index (χ4v) is 2.52. The lowest BCUT2D eigenvalue weighted by molar-refractivity contribution is 0.272. The second-order valence-electron chi connectivity index (χ2n) is 3.40. The largest absolute Gasteiger partial charge is 0.496 e. The third-order valence-corrected chi connectivity index (χ3v) is 3.17. The highest BCUT2D eigenvalue weighted by Gasteiger charge is 2.14. The first-order chi connectivity index (χ1) is 6.61. The van der Waals surface area contributed by atoms with E-state index in [1.807, 2.05) is 26.0 Å². The average molecular weight is 259 g/mol. The maximum absolute atomic E-state index is 9.14. The monoisotopic (exact) mass is 258 g/mol. The molecule has 1 aromatic rings. The number of aryl methyl sites for hydroxylation is 1. The summed E-state index contributed by atoms with van der Waals surface area (Å²) in [6.07, 6.45) is 0. The first-order valence-corrected chi connectivity index (χ1v) is 5.35. The van der Waals surface area contributed by atoms with Crippen LogP contribution in [-0.4, -0.2) is 18.8 Å². The number of ether oxygens (including phenoxy) is 1. The Labute approximate surface area is 93.0 Å². The van der Waals surface area contributed by atoms with Crippen molar-refractivity contribution in [1.29, 1.82) is 0 Å². The molecule has 78 valence electrons. The zero-order valence-electron chi connectivity index (χ0n) is 8.67. The van der Waals surface area contributed by atoms with E-state index >= 15 is 0 Å². The average Bonchev–Trinajstić information content (AvgIpc) is 2.18. The number of hydrogen-bond acceptors (Lipinski definition) is 2. The minimum atomic E-state index is 0.125. The van der Waals surface area contributed by atoms with Crippen LogP contribution in [-0.2, 0) is 0 Å². The zero-order chi connectivity index (χ0) is 10.7. The Morgan fingerprint density at radius 2 is 2.14 bits per heavy atom. The SMILES string of the molecule is COc1ccc(C)c(C(C)CO)c1Br. The van der Waals surface area contributed by atoms with Gasteiger partial charge in [0.25, 0.3) is 0 Å². The third kappa shape index (κ3) is 2.10. The highest BCUT2D eigenvalue weighted by atomic mass is 79.9. The molecule has 0 aromatic heterocycles. The smallest absolute Gasteiger partial charge is 0.133 e. The van der Waals surface area contributed by atoms with Gasteiger partial charge in [-0.05, 0) is 40.0 Å². The number of benzene rings is 1. The molecule has 1 unspecified atom stereocenters.